The summed E-state index contributed by atoms with van der Waals surface area (Å²) < 4.78 is 5.92. The average molecular weight is 418 g/mol. The predicted octanol–water partition coefficient (Wildman–Crippen LogP) is 4.04. The van der Waals surface area contributed by atoms with Gasteiger partial charge in [0, 0.05) is 24.3 Å². The molecule has 0 bridgehead atoms. The molecular weight excluding hydrogens is 390 g/mol. The molecule has 1 aliphatic heterocycles. The van der Waals surface area contributed by atoms with E-state index in [1.807, 2.05) is 50.4 Å². The molecule has 0 atom stereocenters. The maximum Gasteiger partial charge on any atom is 0.263 e. The first-order valence-corrected chi connectivity index (χ1v) is 10.4. The molecule has 3 aromatic rings. The van der Waals surface area contributed by atoms with Crippen molar-refractivity contribution in [3.63, 3.8) is 0 Å². The normalized spacial score (nSPS) is 14.0. The molecule has 7 heteroatoms. The van der Waals surface area contributed by atoms with Gasteiger partial charge in [-0.15, -0.1) is 0 Å². The second-order valence-electron chi connectivity index (χ2n) is 8.62. The van der Waals surface area contributed by atoms with Crippen molar-refractivity contribution in [3.05, 3.63) is 59.8 Å². The van der Waals surface area contributed by atoms with Gasteiger partial charge in [0.1, 0.15) is 5.75 Å². The van der Waals surface area contributed by atoms with Crippen molar-refractivity contribution in [3.8, 4) is 5.75 Å². The van der Waals surface area contributed by atoms with Crippen LogP contribution in [0.3, 0.4) is 0 Å². The lowest BCUT2D eigenvalue weighted by Gasteiger charge is -2.26. The third-order valence-corrected chi connectivity index (χ3v) is 5.12. The largest absolute Gasteiger partial charge is 0.478 e. The van der Waals surface area contributed by atoms with Crippen LogP contribution in [-0.2, 0) is 11.2 Å². The van der Waals surface area contributed by atoms with Crippen molar-refractivity contribution in [1.29, 1.82) is 0 Å². The lowest BCUT2D eigenvalue weighted by molar-refractivity contribution is -0.134. The van der Waals surface area contributed by atoms with Gasteiger partial charge in [-0.2, -0.15) is 15.3 Å². The van der Waals surface area contributed by atoms with Gasteiger partial charge < -0.3 is 10.1 Å². The van der Waals surface area contributed by atoms with Crippen molar-refractivity contribution < 1.29 is 9.53 Å². The number of H-pyrrole nitrogens is 1. The zero-order valence-electron chi connectivity index (χ0n) is 18.3. The number of benzene rings is 2. The van der Waals surface area contributed by atoms with E-state index in [4.69, 9.17) is 4.74 Å². The van der Waals surface area contributed by atoms with Crippen LogP contribution in [0, 0.1) is 0 Å². The lowest BCUT2D eigenvalue weighted by atomic mass is 10.0. The Morgan fingerprint density at radius 2 is 1.94 bits per heavy atom. The molecule has 160 valence electrons. The molecule has 4 rings (SSSR count). The molecule has 0 spiro atoms. The van der Waals surface area contributed by atoms with Gasteiger partial charge in [0.15, 0.2) is 5.60 Å². The maximum absolute atomic E-state index is 12.3. The molecule has 1 aliphatic rings. The van der Waals surface area contributed by atoms with Crippen LogP contribution in [0.25, 0.3) is 10.9 Å². The second-order valence-corrected chi connectivity index (χ2v) is 8.62. The van der Waals surface area contributed by atoms with Crippen LogP contribution < -0.4 is 10.1 Å². The summed E-state index contributed by atoms with van der Waals surface area (Å²) in [4.78, 5) is 12.3. The SMILES string of the molecule is CC(C)NC(=O)C(C)(C)Oc1ccc(C2=NN=C(Cc3ccc4[nH]ncc4c3)C2)cc1. The second kappa shape index (κ2) is 8.34. The lowest BCUT2D eigenvalue weighted by Crippen LogP contribution is -2.48. The number of nitrogens with one attached hydrogen (secondary N) is 2. The minimum Gasteiger partial charge on any atom is -0.478 e. The van der Waals surface area contributed by atoms with Crippen molar-refractivity contribution in [2.75, 3.05) is 0 Å². The predicted molar refractivity (Wildman–Crippen MR) is 123 cm³/mol. The van der Waals surface area contributed by atoms with Gasteiger partial charge in [-0.3, -0.25) is 9.89 Å². The van der Waals surface area contributed by atoms with Crippen LogP contribution in [-0.4, -0.2) is 39.2 Å². The van der Waals surface area contributed by atoms with Crippen molar-refractivity contribution in [1.82, 2.24) is 15.5 Å². The summed E-state index contributed by atoms with van der Waals surface area (Å²) >= 11 is 0. The van der Waals surface area contributed by atoms with Gasteiger partial charge in [0.2, 0.25) is 0 Å². The first-order chi connectivity index (χ1) is 14.8. The number of hydrogen-bond donors (Lipinski definition) is 2. The van der Waals surface area contributed by atoms with Crippen LogP contribution in [0.1, 0.15) is 45.2 Å². The highest BCUT2D eigenvalue weighted by atomic mass is 16.5. The molecule has 7 nitrogen and oxygen atoms in total. The monoisotopic (exact) mass is 417 g/mol. The van der Waals surface area contributed by atoms with E-state index in [-0.39, 0.29) is 11.9 Å². The fourth-order valence-corrected chi connectivity index (χ4v) is 3.48. The van der Waals surface area contributed by atoms with E-state index >= 15 is 0 Å². The van der Waals surface area contributed by atoms with E-state index < -0.39 is 5.60 Å². The average Bonchev–Trinajstić information content (AvgIpc) is 3.37. The van der Waals surface area contributed by atoms with Gasteiger partial charge >= 0.3 is 0 Å². The Bertz CT molecular complexity index is 1160. The summed E-state index contributed by atoms with van der Waals surface area (Å²) in [6, 6.07) is 14.0. The Labute approximate surface area is 181 Å². The van der Waals surface area contributed by atoms with Gasteiger partial charge in [0.05, 0.1) is 23.1 Å². The summed E-state index contributed by atoms with van der Waals surface area (Å²) in [5, 5.41) is 19.8. The van der Waals surface area contributed by atoms with E-state index in [9.17, 15) is 4.79 Å². The number of aromatic nitrogens is 2. The molecule has 2 N–H and O–H groups in total. The number of hydrogen-bond acceptors (Lipinski definition) is 5. The molecule has 0 fully saturated rings. The van der Waals surface area contributed by atoms with E-state index in [0.717, 1.165) is 34.3 Å². The summed E-state index contributed by atoms with van der Waals surface area (Å²) in [6.45, 7) is 7.38. The molecule has 2 aromatic carbocycles. The van der Waals surface area contributed by atoms with E-state index in [2.05, 4.69) is 37.8 Å². The quantitative estimate of drug-likeness (QED) is 0.608. The van der Waals surface area contributed by atoms with Gasteiger partial charge in [-0.1, -0.05) is 6.07 Å². The third kappa shape index (κ3) is 4.82. The summed E-state index contributed by atoms with van der Waals surface area (Å²) in [7, 11) is 0. The van der Waals surface area contributed by atoms with E-state index in [1.165, 1.54) is 5.56 Å². The number of amides is 1. The van der Waals surface area contributed by atoms with Crippen LogP contribution in [0.15, 0.2) is 58.9 Å². The van der Waals surface area contributed by atoms with Crippen molar-refractivity contribution in [2.45, 2.75) is 52.2 Å². The fourth-order valence-electron chi connectivity index (χ4n) is 3.48. The Morgan fingerprint density at radius 1 is 1.16 bits per heavy atom. The molecule has 0 saturated heterocycles. The summed E-state index contributed by atoms with van der Waals surface area (Å²) in [6.07, 6.45) is 3.30. The number of carbonyl (C=O) groups is 1. The standard InChI is InChI=1S/C24H27N5O2/c1-15(2)26-23(30)24(3,4)31-20-8-6-17(7-9-20)22-13-19(27-29-22)12-16-5-10-21-18(11-16)14-25-28-21/h5-11,14-15H,12-13H2,1-4H3,(H,25,28)(H,26,30). The molecule has 0 radical (unpaired) electrons. The van der Waals surface area contributed by atoms with Gasteiger partial charge in [0.25, 0.3) is 5.91 Å². The van der Waals surface area contributed by atoms with Crippen molar-refractivity contribution in [2.24, 2.45) is 10.2 Å². The molecule has 1 amide bonds. The third-order valence-electron chi connectivity index (χ3n) is 5.12. The molecule has 31 heavy (non-hydrogen) atoms. The van der Waals surface area contributed by atoms with E-state index in [1.54, 1.807) is 13.8 Å². The van der Waals surface area contributed by atoms with Crippen molar-refractivity contribution >= 4 is 28.2 Å². The minimum atomic E-state index is -0.955. The molecular formula is C24H27N5O2. The Hall–Kier alpha value is -3.48. The highest BCUT2D eigenvalue weighted by molar-refractivity contribution is 6.15. The number of ether oxygens (including phenoxy) is 1. The topological polar surface area (TPSA) is 91.7 Å². The Morgan fingerprint density at radius 3 is 2.68 bits per heavy atom. The maximum atomic E-state index is 12.3. The first-order valence-electron chi connectivity index (χ1n) is 10.4. The number of fused-ring (bicyclic) bond motifs is 1. The number of rotatable bonds is 7. The van der Waals surface area contributed by atoms with Crippen LogP contribution in [0.4, 0.5) is 0 Å². The summed E-state index contributed by atoms with van der Waals surface area (Å²) in [5.41, 5.74) is 4.23. The van der Waals surface area contributed by atoms with Crippen LogP contribution in [0.2, 0.25) is 0 Å². The zero-order chi connectivity index (χ0) is 22.0. The number of carbonyl (C=O) groups excluding carboxylic acids is 1. The molecule has 1 aromatic heterocycles. The van der Waals surface area contributed by atoms with Gasteiger partial charge in [-0.25, -0.2) is 0 Å². The molecule has 2 heterocycles. The Balaban J connectivity index is 1.36. The highest BCUT2D eigenvalue weighted by Gasteiger charge is 2.30. The van der Waals surface area contributed by atoms with E-state index in [0.29, 0.717) is 12.2 Å². The highest BCUT2D eigenvalue weighted by Crippen LogP contribution is 2.22. The smallest absolute Gasteiger partial charge is 0.263 e. The van der Waals surface area contributed by atoms with Crippen LogP contribution >= 0.6 is 0 Å². The van der Waals surface area contributed by atoms with Crippen LogP contribution in [0.5, 0.6) is 5.75 Å². The fraction of sp³-hybridized carbons (Fsp3) is 0.333. The minimum absolute atomic E-state index is 0.0638. The number of nitrogens with zero attached hydrogens (tertiary/aromatic N) is 3. The van der Waals surface area contributed by atoms with Gasteiger partial charge in [-0.05, 0) is 75.2 Å². The molecule has 0 saturated carbocycles. The Kier molecular flexibility index (Phi) is 5.59. The number of aromatic amines is 1. The molecule has 0 aliphatic carbocycles. The zero-order valence-corrected chi connectivity index (χ0v) is 18.3. The molecule has 0 unspecified atom stereocenters. The summed E-state index contributed by atoms with van der Waals surface area (Å²) in [5.74, 6) is 0.499. The first kappa shape index (κ1) is 20.8.